The third-order valence-corrected chi connectivity index (χ3v) is 14.0. The van der Waals surface area contributed by atoms with Gasteiger partial charge in [-0.3, -0.25) is 4.57 Å². The van der Waals surface area contributed by atoms with E-state index in [0.717, 1.165) is 67.1 Å². The number of rotatable bonds is 7. The highest BCUT2D eigenvalue weighted by Gasteiger charge is 2.32. The van der Waals surface area contributed by atoms with Crippen LogP contribution in [0.25, 0.3) is 111 Å². The SMILES string of the molecule is N#Cc1cc(-c2cc(-n3c4ccc(-c5ccccc5C#N)cc4c4cc(-c5ccccc5C#N)ccc43)ncc2-n2c3ccc(-c4ccccc4C#N)cc3c3cc(-c4ccccc4C#N)ccc32)cc(C(F)(F)F)c1. The topological polar surface area (TPSA) is 142 Å². The van der Waals surface area contributed by atoms with Crippen molar-refractivity contribution in [2.24, 2.45) is 0 Å². The summed E-state index contributed by atoms with van der Waals surface area (Å²) in [5.41, 5.74) is 10.4. The van der Waals surface area contributed by atoms with Crippen molar-refractivity contribution < 1.29 is 13.2 Å². The first-order valence-electron chi connectivity index (χ1n) is 23.9. The van der Waals surface area contributed by atoms with Crippen molar-refractivity contribution in [1.29, 1.82) is 26.3 Å². The van der Waals surface area contributed by atoms with Gasteiger partial charge in [0, 0.05) is 27.1 Å². The van der Waals surface area contributed by atoms with E-state index in [9.17, 15) is 39.5 Å². The van der Waals surface area contributed by atoms with E-state index in [1.54, 1.807) is 48.7 Å². The lowest BCUT2D eigenvalue weighted by Crippen LogP contribution is -2.07. The molecule has 0 unspecified atom stereocenters. The summed E-state index contributed by atoms with van der Waals surface area (Å²) in [6, 6.07) is 68.9. The van der Waals surface area contributed by atoms with Gasteiger partial charge < -0.3 is 4.57 Å². The van der Waals surface area contributed by atoms with E-state index in [-0.39, 0.29) is 11.1 Å². The fourth-order valence-corrected chi connectivity index (χ4v) is 10.5. The molecule has 0 saturated heterocycles. The Labute approximate surface area is 432 Å². The van der Waals surface area contributed by atoms with Gasteiger partial charge in [0.2, 0.25) is 0 Å². The Hall–Kier alpha value is -11.0. The van der Waals surface area contributed by atoms with Gasteiger partial charge >= 0.3 is 6.18 Å². The summed E-state index contributed by atoms with van der Waals surface area (Å²) in [5, 5.41) is 53.9. The second-order valence-corrected chi connectivity index (χ2v) is 18.2. The first-order chi connectivity index (χ1) is 37.1. The molecule has 0 atom stereocenters. The maximum Gasteiger partial charge on any atom is 0.416 e. The van der Waals surface area contributed by atoms with Crippen LogP contribution < -0.4 is 0 Å². The molecule has 0 bridgehead atoms. The molecular weight excluding hydrogens is 950 g/mol. The molecule has 0 amide bonds. The number of fused-ring (bicyclic) bond motifs is 6. The van der Waals surface area contributed by atoms with Gasteiger partial charge in [-0.2, -0.15) is 39.5 Å². The molecule has 0 aliphatic carbocycles. The van der Waals surface area contributed by atoms with E-state index in [2.05, 4.69) is 24.3 Å². The third-order valence-electron chi connectivity index (χ3n) is 14.0. The van der Waals surface area contributed by atoms with Crippen LogP contribution in [0, 0.1) is 56.7 Å². The number of nitriles is 5. The van der Waals surface area contributed by atoms with Crippen molar-refractivity contribution in [3.05, 3.63) is 234 Å². The maximum atomic E-state index is 14.9. The first-order valence-corrected chi connectivity index (χ1v) is 23.9. The van der Waals surface area contributed by atoms with E-state index in [1.165, 1.54) is 6.07 Å². The molecular formula is C65H33F3N8. The quantitative estimate of drug-likeness (QED) is 0.156. The summed E-state index contributed by atoms with van der Waals surface area (Å²) >= 11 is 0. The number of nitrogens with zero attached hydrogens (tertiary/aromatic N) is 8. The van der Waals surface area contributed by atoms with Crippen LogP contribution in [0.1, 0.15) is 33.4 Å². The van der Waals surface area contributed by atoms with E-state index < -0.39 is 11.7 Å². The van der Waals surface area contributed by atoms with Gasteiger partial charge in [0.05, 0.1) is 97.7 Å². The molecule has 0 aliphatic heterocycles. The van der Waals surface area contributed by atoms with E-state index in [1.807, 2.05) is 149 Å². The molecule has 0 radical (unpaired) electrons. The molecule has 12 aromatic rings. The highest BCUT2D eigenvalue weighted by molar-refractivity contribution is 6.14. The Bertz CT molecular complexity index is 4430. The zero-order valence-electron chi connectivity index (χ0n) is 39.8. The van der Waals surface area contributed by atoms with Gasteiger partial charge in [0.25, 0.3) is 0 Å². The van der Waals surface area contributed by atoms with Crippen LogP contribution in [-0.2, 0) is 6.18 Å². The maximum absolute atomic E-state index is 14.9. The summed E-state index contributed by atoms with van der Waals surface area (Å²) in [5.74, 6) is 0.358. The van der Waals surface area contributed by atoms with Crippen molar-refractivity contribution in [2.75, 3.05) is 0 Å². The number of halogens is 3. The standard InChI is InChI=1S/C65H33F3N8/c66-65(67,68)49-26-39(33-69)25-48(27-49)54-32-64(76-61-23-19-42(52-15-7-3-11-46(52)36-72)30-57(61)58-31-43(20-24-62(58)76)53-16-8-4-12-47(53)37-73)74-38-63(54)75-59-21-17-40(50-13-5-1-9-44(50)34-70)28-55(59)56-29-41(18-22-60(56)75)51-14-6-2-10-45(51)35-71/h1-32,38H. The molecule has 0 spiro atoms. The van der Waals surface area contributed by atoms with E-state index in [4.69, 9.17) is 4.98 Å². The fourth-order valence-electron chi connectivity index (χ4n) is 10.5. The van der Waals surface area contributed by atoms with Crippen LogP contribution in [0.2, 0.25) is 0 Å². The number of alkyl halides is 3. The molecule has 0 aliphatic rings. The second kappa shape index (κ2) is 18.2. The number of pyridine rings is 1. The fraction of sp³-hybridized carbons (Fsp3) is 0.0154. The Morgan fingerprint density at radius 2 is 0.724 bits per heavy atom. The number of hydrogen-bond acceptors (Lipinski definition) is 6. The van der Waals surface area contributed by atoms with Crippen molar-refractivity contribution in [1.82, 2.24) is 14.1 Å². The second-order valence-electron chi connectivity index (χ2n) is 18.2. The summed E-state index contributed by atoms with van der Waals surface area (Å²) in [7, 11) is 0. The molecule has 11 heteroatoms. The molecule has 8 nitrogen and oxygen atoms in total. The van der Waals surface area contributed by atoms with Gasteiger partial charge in [-0.1, -0.05) is 97.1 Å². The summed E-state index contributed by atoms with van der Waals surface area (Å²) < 4.78 is 48.6. The van der Waals surface area contributed by atoms with Crippen molar-refractivity contribution in [3.8, 4) is 97.5 Å². The Kier molecular flexibility index (Phi) is 11.0. The van der Waals surface area contributed by atoms with Crippen LogP contribution in [-0.4, -0.2) is 14.1 Å². The van der Waals surface area contributed by atoms with Crippen LogP contribution in [0.5, 0.6) is 0 Å². The van der Waals surface area contributed by atoms with Crippen molar-refractivity contribution in [3.63, 3.8) is 0 Å². The van der Waals surface area contributed by atoms with Crippen LogP contribution in [0.4, 0.5) is 13.2 Å². The minimum absolute atomic E-state index is 0.116. The minimum atomic E-state index is -4.80. The largest absolute Gasteiger partial charge is 0.416 e. The van der Waals surface area contributed by atoms with Crippen LogP contribution in [0.15, 0.2) is 200 Å². The highest BCUT2D eigenvalue weighted by Crippen LogP contribution is 2.44. The third kappa shape index (κ3) is 7.63. The Balaban J connectivity index is 1.16. The van der Waals surface area contributed by atoms with Crippen LogP contribution in [0.3, 0.4) is 0 Å². The lowest BCUT2D eigenvalue weighted by molar-refractivity contribution is -0.137. The van der Waals surface area contributed by atoms with Gasteiger partial charge in [0.15, 0.2) is 0 Å². The van der Waals surface area contributed by atoms with E-state index >= 15 is 0 Å². The lowest BCUT2D eigenvalue weighted by Gasteiger charge is -2.18. The smallest absolute Gasteiger partial charge is 0.307 e. The van der Waals surface area contributed by atoms with E-state index in [0.29, 0.717) is 72.5 Å². The Morgan fingerprint density at radius 1 is 0.355 bits per heavy atom. The number of hydrogen-bond donors (Lipinski definition) is 0. The average Bonchev–Trinajstić information content (AvgIpc) is 4.09. The number of benzene rings is 9. The first kappa shape index (κ1) is 46.1. The minimum Gasteiger partial charge on any atom is -0.307 e. The van der Waals surface area contributed by atoms with Gasteiger partial charge in [0.1, 0.15) is 5.82 Å². The molecule has 9 aromatic carbocycles. The predicted molar refractivity (Wildman–Crippen MR) is 289 cm³/mol. The number of aromatic nitrogens is 3. The zero-order valence-corrected chi connectivity index (χ0v) is 39.8. The lowest BCUT2D eigenvalue weighted by atomic mass is 9.96. The molecule has 0 fully saturated rings. The molecule has 0 N–H and O–H groups in total. The van der Waals surface area contributed by atoms with Crippen molar-refractivity contribution >= 4 is 43.6 Å². The average molecular weight is 983 g/mol. The molecule has 0 saturated carbocycles. The van der Waals surface area contributed by atoms with Crippen LogP contribution >= 0.6 is 0 Å². The molecule has 76 heavy (non-hydrogen) atoms. The summed E-state index contributed by atoms with van der Waals surface area (Å²) in [6.45, 7) is 0. The summed E-state index contributed by atoms with van der Waals surface area (Å²) in [6.07, 6.45) is -3.16. The van der Waals surface area contributed by atoms with Gasteiger partial charge in [-0.15, -0.1) is 0 Å². The monoisotopic (exact) mass is 982 g/mol. The Morgan fingerprint density at radius 3 is 1.08 bits per heavy atom. The van der Waals surface area contributed by atoms with Gasteiger partial charge in [-0.25, -0.2) is 4.98 Å². The molecule has 3 aromatic heterocycles. The zero-order chi connectivity index (χ0) is 52.2. The molecule has 354 valence electrons. The van der Waals surface area contributed by atoms with Crippen molar-refractivity contribution in [2.45, 2.75) is 6.18 Å². The highest BCUT2D eigenvalue weighted by atomic mass is 19.4. The summed E-state index contributed by atoms with van der Waals surface area (Å²) in [4.78, 5) is 5.18. The normalized spacial score (nSPS) is 11.3. The molecule has 12 rings (SSSR count). The molecule has 3 heterocycles. The predicted octanol–water partition coefficient (Wildman–Crippen LogP) is 16.0. The van der Waals surface area contributed by atoms with Gasteiger partial charge in [-0.05, 0) is 147 Å².